The number of anilines is 1. The monoisotopic (exact) mass is 265 g/mol. The minimum Gasteiger partial charge on any atom is -0.384 e. The number of nitrogens with two attached hydrogens (primary N) is 1. The molecule has 0 bridgehead atoms. The Kier molecular flexibility index (Phi) is 3.19. The number of aromatic nitrogens is 3. The summed E-state index contributed by atoms with van der Waals surface area (Å²) in [5.41, 5.74) is 6.33. The van der Waals surface area contributed by atoms with Gasteiger partial charge in [-0.25, -0.2) is 4.98 Å². The fourth-order valence-corrected chi connectivity index (χ4v) is 2.44. The van der Waals surface area contributed by atoms with E-state index in [0.717, 1.165) is 10.7 Å². The van der Waals surface area contributed by atoms with Gasteiger partial charge in [-0.1, -0.05) is 0 Å². The molecule has 0 saturated carbocycles. The zero-order valence-electron chi connectivity index (χ0n) is 9.82. The Labute approximate surface area is 107 Å². The van der Waals surface area contributed by atoms with Gasteiger partial charge in [0.2, 0.25) is 0 Å². The third kappa shape index (κ3) is 2.43. The normalized spacial score (nSPS) is 10.6. The fraction of sp³-hybridized carbons (Fsp3) is 0.200. The molecule has 0 aromatic carbocycles. The summed E-state index contributed by atoms with van der Waals surface area (Å²) in [6, 6.07) is 4.60. The first kappa shape index (κ1) is 12.4. The molecule has 2 aromatic heterocycles. The second-order valence-corrected chi connectivity index (χ2v) is 4.68. The van der Waals surface area contributed by atoms with Crippen LogP contribution in [-0.2, 0) is 7.05 Å². The van der Waals surface area contributed by atoms with Crippen LogP contribution in [0.4, 0.5) is 11.5 Å². The Bertz CT molecular complexity index is 610. The molecule has 0 atom stereocenters. The first-order valence-corrected chi connectivity index (χ1v) is 5.88. The predicted octanol–water partition coefficient (Wildman–Crippen LogP) is 1.77. The van der Waals surface area contributed by atoms with Crippen LogP contribution in [0.25, 0.3) is 0 Å². The third-order valence-electron chi connectivity index (χ3n) is 2.22. The summed E-state index contributed by atoms with van der Waals surface area (Å²) >= 11 is 1.17. The van der Waals surface area contributed by atoms with Crippen molar-refractivity contribution in [3.8, 4) is 0 Å². The van der Waals surface area contributed by atoms with E-state index >= 15 is 0 Å². The molecule has 0 saturated heterocycles. The summed E-state index contributed by atoms with van der Waals surface area (Å²) in [6.45, 7) is 1.85. The highest BCUT2D eigenvalue weighted by Crippen LogP contribution is 2.33. The van der Waals surface area contributed by atoms with E-state index < -0.39 is 4.92 Å². The number of nitro groups is 1. The van der Waals surface area contributed by atoms with E-state index in [1.54, 1.807) is 11.7 Å². The Morgan fingerprint density at radius 3 is 2.78 bits per heavy atom. The van der Waals surface area contributed by atoms with Crippen LogP contribution in [0.15, 0.2) is 28.3 Å². The molecule has 0 amide bonds. The molecular weight excluding hydrogens is 254 g/mol. The highest BCUT2D eigenvalue weighted by atomic mass is 32.2. The number of hydrogen-bond donors (Lipinski definition) is 1. The molecule has 0 spiro atoms. The average Bonchev–Trinajstić information content (AvgIpc) is 2.57. The SMILES string of the molecule is Cc1cc(Sc2nc(N)ccc2[N+](=O)[O-])n(C)n1. The lowest BCUT2D eigenvalue weighted by Gasteiger charge is -2.03. The van der Waals surface area contributed by atoms with Crippen molar-refractivity contribution in [2.75, 3.05) is 5.73 Å². The van der Waals surface area contributed by atoms with Crippen molar-refractivity contribution in [3.63, 3.8) is 0 Å². The van der Waals surface area contributed by atoms with Crippen LogP contribution < -0.4 is 5.73 Å². The average molecular weight is 265 g/mol. The Balaban J connectivity index is 2.42. The summed E-state index contributed by atoms with van der Waals surface area (Å²) in [4.78, 5) is 14.4. The number of nitrogens with zero attached hydrogens (tertiary/aromatic N) is 4. The summed E-state index contributed by atoms with van der Waals surface area (Å²) < 4.78 is 1.65. The summed E-state index contributed by atoms with van der Waals surface area (Å²) in [5.74, 6) is 0.252. The van der Waals surface area contributed by atoms with E-state index in [4.69, 9.17) is 5.73 Å². The van der Waals surface area contributed by atoms with Crippen molar-refractivity contribution < 1.29 is 4.92 Å². The maximum atomic E-state index is 10.9. The van der Waals surface area contributed by atoms with Gasteiger partial charge in [-0.2, -0.15) is 5.10 Å². The molecule has 0 fully saturated rings. The summed E-state index contributed by atoms with van der Waals surface area (Å²) in [5, 5.41) is 16.1. The lowest BCUT2D eigenvalue weighted by atomic mass is 10.4. The smallest absolute Gasteiger partial charge is 0.301 e. The van der Waals surface area contributed by atoms with Gasteiger partial charge in [0.1, 0.15) is 10.8 Å². The molecule has 0 aliphatic carbocycles. The first-order valence-electron chi connectivity index (χ1n) is 5.07. The lowest BCUT2D eigenvalue weighted by Crippen LogP contribution is -1.98. The second kappa shape index (κ2) is 4.65. The Morgan fingerprint density at radius 2 is 2.22 bits per heavy atom. The van der Waals surface area contributed by atoms with E-state index in [-0.39, 0.29) is 16.5 Å². The van der Waals surface area contributed by atoms with Gasteiger partial charge in [-0.3, -0.25) is 14.8 Å². The van der Waals surface area contributed by atoms with Crippen LogP contribution in [0.1, 0.15) is 5.69 Å². The van der Waals surface area contributed by atoms with Crippen molar-refractivity contribution in [1.29, 1.82) is 0 Å². The molecule has 94 valence electrons. The van der Waals surface area contributed by atoms with Crippen molar-refractivity contribution in [1.82, 2.24) is 14.8 Å². The van der Waals surface area contributed by atoms with Gasteiger partial charge in [-0.05, 0) is 30.8 Å². The van der Waals surface area contributed by atoms with Gasteiger partial charge >= 0.3 is 5.69 Å². The zero-order chi connectivity index (χ0) is 13.3. The molecule has 0 aliphatic heterocycles. The van der Waals surface area contributed by atoms with E-state index in [1.807, 2.05) is 13.0 Å². The fourth-order valence-electron chi connectivity index (χ4n) is 1.44. The number of hydrogen-bond acceptors (Lipinski definition) is 6. The van der Waals surface area contributed by atoms with Crippen molar-refractivity contribution in [3.05, 3.63) is 34.0 Å². The molecule has 2 heterocycles. The summed E-state index contributed by atoms with van der Waals surface area (Å²) in [7, 11) is 1.77. The van der Waals surface area contributed by atoms with Crippen LogP contribution in [0.3, 0.4) is 0 Å². The van der Waals surface area contributed by atoms with Crippen LogP contribution in [-0.4, -0.2) is 19.7 Å². The topological polar surface area (TPSA) is 99.9 Å². The molecule has 0 radical (unpaired) electrons. The zero-order valence-corrected chi connectivity index (χ0v) is 10.6. The molecule has 18 heavy (non-hydrogen) atoms. The van der Waals surface area contributed by atoms with E-state index in [9.17, 15) is 10.1 Å². The molecule has 7 nitrogen and oxygen atoms in total. The summed E-state index contributed by atoms with van der Waals surface area (Å²) in [6.07, 6.45) is 0. The Hall–Kier alpha value is -2.09. The van der Waals surface area contributed by atoms with Crippen LogP contribution in [0, 0.1) is 17.0 Å². The molecule has 0 unspecified atom stereocenters. The third-order valence-corrected chi connectivity index (χ3v) is 3.30. The van der Waals surface area contributed by atoms with Gasteiger partial charge < -0.3 is 5.73 Å². The van der Waals surface area contributed by atoms with Crippen LogP contribution >= 0.6 is 11.8 Å². The molecule has 2 rings (SSSR count). The largest absolute Gasteiger partial charge is 0.384 e. The predicted molar refractivity (Wildman–Crippen MR) is 67.4 cm³/mol. The minimum absolute atomic E-state index is 0.0620. The van der Waals surface area contributed by atoms with Crippen molar-refractivity contribution in [2.45, 2.75) is 17.0 Å². The van der Waals surface area contributed by atoms with Crippen molar-refractivity contribution >= 4 is 23.3 Å². The van der Waals surface area contributed by atoms with Gasteiger partial charge in [0, 0.05) is 13.1 Å². The quantitative estimate of drug-likeness (QED) is 0.670. The molecule has 8 heteroatoms. The molecular formula is C10H11N5O2S. The maximum Gasteiger partial charge on any atom is 0.301 e. The van der Waals surface area contributed by atoms with E-state index in [0.29, 0.717) is 0 Å². The van der Waals surface area contributed by atoms with E-state index in [2.05, 4.69) is 10.1 Å². The molecule has 2 N–H and O–H groups in total. The maximum absolute atomic E-state index is 10.9. The van der Waals surface area contributed by atoms with Crippen molar-refractivity contribution in [2.24, 2.45) is 7.05 Å². The number of rotatable bonds is 3. The van der Waals surface area contributed by atoms with Gasteiger partial charge in [-0.15, -0.1) is 0 Å². The highest BCUT2D eigenvalue weighted by Gasteiger charge is 2.18. The minimum atomic E-state index is -0.474. The highest BCUT2D eigenvalue weighted by molar-refractivity contribution is 7.99. The van der Waals surface area contributed by atoms with E-state index in [1.165, 1.54) is 23.9 Å². The number of aryl methyl sites for hydroxylation is 2. The standard InChI is InChI=1S/C10H11N5O2S/c1-6-5-9(14(2)13-6)18-10-7(15(16)17)3-4-8(11)12-10/h3-5H,1-2H3,(H2,11,12). The Morgan fingerprint density at radius 1 is 1.50 bits per heavy atom. The second-order valence-electron chi connectivity index (χ2n) is 3.67. The van der Waals surface area contributed by atoms with Gasteiger partial charge in [0.25, 0.3) is 0 Å². The number of nitrogen functional groups attached to an aromatic ring is 1. The van der Waals surface area contributed by atoms with Gasteiger partial charge in [0.15, 0.2) is 5.03 Å². The van der Waals surface area contributed by atoms with Crippen LogP contribution in [0.5, 0.6) is 0 Å². The molecule has 2 aromatic rings. The first-order chi connectivity index (χ1) is 8.47. The van der Waals surface area contributed by atoms with Gasteiger partial charge in [0.05, 0.1) is 10.6 Å². The lowest BCUT2D eigenvalue weighted by molar-refractivity contribution is -0.388. The van der Waals surface area contributed by atoms with Crippen LogP contribution in [0.2, 0.25) is 0 Å². The number of pyridine rings is 1. The molecule has 0 aliphatic rings.